The van der Waals surface area contributed by atoms with Crippen LogP contribution in [0.3, 0.4) is 0 Å². The number of pyridine rings is 1. The third kappa shape index (κ3) is 6.27. The average Bonchev–Trinajstić information content (AvgIpc) is 3.58. The molecule has 4 heterocycles. The van der Waals surface area contributed by atoms with E-state index in [0.717, 1.165) is 12.8 Å². The molecule has 1 saturated carbocycles. The molecule has 11 nitrogen and oxygen atoms in total. The van der Waals surface area contributed by atoms with Gasteiger partial charge in [0, 0.05) is 43.3 Å². The van der Waals surface area contributed by atoms with Gasteiger partial charge >= 0.3 is 6.09 Å². The highest BCUT2D eigenvalue weighted by molar-refractivity contribution is 5.87. The summed E-state index contributed by atoms with van der Waals surface area (Å²) in [5.41, 5.74) is 0.309. The van der Waals surface area contributed by atoms with E-state index in [1.807, 2.05) is 11.0 Å². The summed E-state index contributed by atoms with van der Waals surface area (Å²) >= 11 is 0. The number of para-hydroxylation sites is 2. The number of carbonyl (C=O) groups excluding carboxylic acids is 1. The van der Waals surface area contributed by atoms with Crippen molar-refractivity contribution in [1.82, 2.24) is 24.3 Å². The van der Waals surface area contributed by atoms with Gasteiger partial charge in [0.15, 0.2) is 5.82 Å². The van der Waals surface area contributed by atoms with Crippen molar-refractivity contribution < 1.29 is 33.0 Å². The van der Waals surface area contributed by atoms with E-state index in [2.05, 4.69) is 9.88 Å². The molecule has 2 saturated heterocycles. The quantitative estimate of drug-likeness (QED) is 0.378. The molecular formula is C32H40F2N6O5. The maximum absolute atomic E-state index is 14.2. The Morgan fingerprint density at radius 2 is 1.71 bits per heavy atom. The number of anilines is 1. The number of imidazole rings is 1. The van der Waals surface area contributed by atoms with Crippen molar-refractivity contribution in [2.75, 3.05) is 37.7 Å². The van der Waals surface area contributed by atoms with Crippen molar-refractivity contribution >= 4 is 28.9 Å². The van der Waals surface area contributed by atoms with Crippen LogP contribution in [0.25, 0.3) is 16.9 Å². The van der Waals surface area contributed by atoms with E-state index < -0.39 is 24.1 Å². The van der Waals surface area contributed by atoms with Crippen LogP contribution in [0.2, 0.25) is 0 Å². The zero-order valence-electron chi connectivity index (χ0n) is 25.9. The van der Waals surface area contributed by atoms with Crippen molar-refractivity contribution in [1.29, 1.82) is 0 Å². The average molecular weight is 627 g/mol. The first-order valence-electron chi connectivity index (χ1n) is 15.6. The van der Waals surface area contributed by atoms with E-state index in [0.29, 0.717) is 80.5 Å². The molecule has 2 aliphatic heterocycles. The smallest absolute Gasteiger partial charge is 0.408 e. The highest BCUT2D eigenvalue weighted by Crippen LogP contribution is 2.35. The van der Waals surface area contributed by atoms with Crippen molar-refractivity contribution in [2.45, 2.75) is 83.0 Å². The summed E-state index contributed by atoms with van der Waals surface area (Å²) in [6.45, 7) is 8.26. The van der Waals surface area contributed by atoms with E-state index >= 15 is 0 Å². The van der Waals surface area contributed by atoms with Crippen molar-refractivity contribution in [2.24, 2.45) is 0 Å². The molecule has 0 unspecified atom stereocenters. The largest absolute Gasteiger partial charge is 0.490 e. The number of aromatic nitrogens is 3. The van der Waals surface area contributed by atoms with E-state index in [-0.39, 0.29) is 23.9 Å². The lowest BCUT2D eigenvalue weighted by Gasteiger charge is -2.38. The van der Waals surface area contributed by atoms with Gasteiger partial charge in [-0.05, 0) is 65.0 Å². The molecule has 0 radical (unpaired) electrons. The molecule has 0 spiro atoms. The number of hydrogen-bond donors (Lipinski definition) is 1. The Labute approximate surface area is 260 Å². The Balaban J connectivity index is 1.21. The van der Waals surface area contributed by atoms with E-state index in [9.17, 15) is 23.5 Å². The second-order valence-corrected chi connectivity index (χ2v) is 12.9. The Bertz CT molecular complexity index is 1540. The number of ether oxygens (including phenoxy) is 2. The number of benzene rings is 1. The third-order valence-electron chi connectivity index (χ3n) is 8.96. The lowest BCUT2D eigenvalue weighted by atomic mass is 9.92. The minimum atomic E-state index is -2.80. The lowest BCUT2D eigenvalue weighted by molar-refractivity contribution is -0.135. The number of rotatable bonds is 7. The summed E-state index contributed by atoms with van der Waals surface area (Å²) in [7, 11) is 0. The van der Waals surface area contributed by atoms with Crippen LogP contribution in [0, 0.1) is 0 Å². The molecule has 1 N–H and O–H groups in total. The molecular weight excluding hydrogens is 586 g/mol. The number of fused-ring (bicyclic) bond motifs is 1. The number of hydrogen-bond acceptors (Lipinski definition) is 7. The number of halogens is 2. The first kappa shape index (κ1) is 31.0. The molecule has 3 aromatic rings. The van der Waals surface area contributed by atoms with Gasteiger partial charge in [0.25, 0.3) is 6.43 Å². The number of morpholine rings is 1. The molecule has 0 bridgehead atoms. The van der Waals surface area contributed by atoms with Crippen LogP contribution in [0.4, 0.5) is 19.4 Å². The Hall–Kier alpha value is -4.00. The molecule has 3 fully saturated rings. The highest BCUT2D eigenvalue weighted by Gasteiger charge is 2.45. The van der Waals surface area contributed by atoms with Crippen LogP contribution in [0.15, 0.2) is 36.4 Å². The van der Waals surface area contributed by atoms with Crippen molar-refractivity contribution in [3.05, 3.63) is 42.2 Å². The fourth-order valence-electron chi connectivity index (χ4n) is 6.89. The van der Waals surface area contributed by atoms with Crippen LogP contribution in [-0.2, 0) is 9.53 Å². The zero-order valence-corrected chi connectivity index (χ0v) is 25.9. The molecule has 1 aromatic carbocycles. The second kappa shape index (κ2) is 12.4. The van der Waals surface area contributed by atoms with Gasteiger partial charge in [-0.25, -0.2) is 23.5 Å². The summed E-state index contributed by atoms with van der Waals surface area (Å²) in [6, 6.07) is 9.88. The normalized spacial score (nSPS) is 22.8. The standard InChI is InChI=1S/C32H40F2N6O5/c1-32(2,3)40(31(42)43)25-12-13-38(30(25)41)20-8-10-21(11-9-20)45-22-18-26(37-14-16-44-17-15-37)36-27(19-22)39-24-7-5-4-6-23(24)35-29(39)28(33)34/h4-7,18-21,25,28H,8-17H2,1-3H3,(H,42,43)/t20-,21-,25-/m0/s1. The van der Waals surface area contributed by atoms with Gasteiger partial charge in [-0.2, -0.15) is 0 Å². The molecule has 1 atom stereocenters. The van der Waals surface area contributed by atoms with Crippen LogP contribution in [0.1, 0.15) is 65.1 Å². The number of carboxylic acid groups (broad SMARTS) is 1. The minimum Gasteiger partial charge on any atom is -0.490 e. The van der Waals surface area contributed by atoms with Crippen LogP contribution >= 0.6 is 0 Å². The molecule has 2 amide bonds. The Morgan fingerprint density at radius 1 is 1.02 bits per heavy atom. The Morgan fingerprint density at radius 3 is 2.38 bits per heavy atom. The van der Waals surface area contributed by atoms with E-state index in [1.165, 1.54) is 9.47 Å². The van der Waals surface area contributed by atoms with Gasteiger partial charge in [0.05, 0.1) is 30.4 Å². The molecule has 1 aliphatic carbocycles. The fourth-order valence-corrected chi connectivity index (χ4v) is 6.89. The molecule has 6 rings (SSSR count). The number of alkyl halides is 2. The first-order valence-corrected chi connectivity index (χ1v) is 15.6. The van der Waals surface area contributed by atoms with Crippen molar-refractivity contribution in [3.8, 4) is 11.6 Å². The summed E-state index contributed by atoms with van der Waals surface area (Å²) in [5, 5.41) is 9.82. The zero-order chi connectivity index (χ0) is 31.9. The van der Waals surface area contributed by atoms with Crippen LogP contribution in [0.5, 0.6) is 5.75 Å². The second-order valence-electron chi connectivity index (χ2n) is 12.9. The minimum absolute atomic E-state index is 0.0146. The van der Waals surface area contributed by atoms with E-state index in [4.69, 9.17) is 14.5 Å². The van der Waals surface area contributed by atoms with Gasteiger partial charge in [-0.15, -0.1) is 0 Å². The molecule has 45 heavy (non-hydrogen) atoms. The summed E-state index contributed by atoms with van der Waals surface area (Å²) in [6.07, 6.45) is -0.705. The Kier molecular flexibility index (Phi) is 8.55. The monoisotopic (exact) mass is 626 g/mol. The van der Waals surface area contributed by atoms with E-state index in [1.54, 1.807) is 51.1 Å². The highest BCUT2D eigenvalue weighted by atomic mass is 19.3. The lowest BCUT2D eigenvalue weighted by Crippen LogP contribution is -2.54. The van der Waals surface area contributed by atoms with Gasteiger partial charge in [0.2, 0.25) is 5.91 Å². The van der Waals surface area contributed by atoms with Crippen LogP contribution < -0.4 is 9.64 Å². The number of amides is 2. The van der Waals surface area contributed by atoms with Crippen molar-refractivity contribution in [3.63, 3.8) is 0 Å². The molecule has 2 aromatic heterocycles. The predicted molar refractivity (Wildman–Crippen MR) is 163 cm³/mol. The maximum atomic E-state index is 14.2. The van der Waals surface area contributed by atoms with Crippen LogP contribution in [-0.4, -0.2) is 98.0 Å². The summed E-state index contributed by atoms with van der Waals surface area (Å²) < 4.78 is 41.8. The molecule has 3 aliphatic rings. The SMILES string of the molecule is CC(C)(C)N(C(=O)O)[C@H]1CCN([C@H]2CC[C@H](Oc3cc(N4CCOCC4)nc(-n4c(C(F)F)nc5ccccc54)c3)CC2)C1=O. The topological polar surface area (TPSA) is 113 Å². The van der Waals surface area contributed by atoms with Gasteiger partial charge in [-0.3, -0.25) is 14.3 Å². The molecule has 242 valence electrons. The summed E-state index contributed by atoms with van der Waals surface area (Å²) in [5.74, 6) is 0.946. The van der Waals surface area contributed by atoms with Gasteiger partial charge in [0.1, 0.15) is 23.4 Å². The number of likely N-dealkylation sites (tertiary alicyclic amines) is 1. The predicted octanol–water partition coefficient (Wildman–Crippen LogP) is 5.26. The maximum Gasteiger partial charge on any atom is 0.408 e. The fraction of sp³-hybridized carbons (Fsp3) is 0.562. The number of carbonyl (C=O) groups is 2. The van der Waals surface area contributed by atoms with Gasteiger partial charge in [-0.1, -0.05) is 12.1 Å². The molecule has 13 heteroatoms. The van der Waals surface area contributed by atoms with Gasteiger partial charge < -0.3 is 24.4 Å². The number of nitrogens with zero attached hydrogens (tertiary/aromatic N) is 6. The summed E-state index contributed by atoms with van der Waals surface area (Å²) in [4.78, 5) is 39.6. The first-order chi connectivity index (χ1) is 21.5. The third-order valence-corrected chi connectivity index (χ3v) is 8.96.